The highest BCUT2D eigenvalue weighted by molar-refractivity contribution is 5.71. The maximum atomic E-state index is 12.9. The fraction of sp³-hybridized carbons (Fsp3) is 0.918. The third-order valence-electron chi connectivity index (χ3n) is 13.8. The highest BCUT2D eigenvalue weighted by Gasteiger charge is 2.19. The van der Waals surface area contributed by atoms with E-state index in [2.05, 4.69) is 32.9 Å². The number of esters is 3. The molecule has 0 unspecified atom stereocenters. The summed E-state index contributed by atoms with van der Waals surface area (Å²) in [6.45, 7) is 6.69. The second kappa shape index (κ2) is 56.7. The number of hydrogen-bond donors (Lipinski definition) is 0. The molecule has 0 rings (SSSR count). The minimum Gasteiger partial charge on any atom is -0.462 e. The van der Waals surface area contributed by atoms with Crippen LogP contribution in [0.2, 0.25) is 0 Å². The number of ether oxygens (including phenoxy) is 3. The van der Waals surface area contributed by atoms with E-state index in [0.717, 1.165) is 57.8 Å². The Morgan fingerprint density at radius 2 is 0.493 bits per heavy atom. The lowest BCUT2D eigenvalue weighted by molar-refractivity contribution is -0.167. The topological polar surface area (TPSA) is 78.9 Å². The normalized spacial score (nSPS) is 12.0. The molecule has 6 heteroatoms. The molecule has 0 aromatic rings. The first kappa shape index (κ1) is 65.1. The van der Waals surface area contributed by atoms with Crippen LogP contribution < -0.4 is 0 Å². The fourth-order valence-corrected chi connectivity index (χ4v) is 9.21. The van der Waals surface area contributed by atoms with Crippen molar-refractivity contribution >= 4 is 17.9 Å². The molecule has 0 saturated carbocycles. The fourth-order valence-electron chi connectivity index (χ4n) is 9.21. The van der Waals surface area contributed by atoms with Gasteiger partial charge in [-0.25, -0.2) is 0 Å². The van der Waals surface area contributed by atoms with Crippen molar-refractivity contribution in [2.45, 2.75) is 348 Å². The number of unbranched alkanes of at least 4 members (excludes halogenated alkanes) is 43. The van der Waals surface area contributed by atoms with E-state index in [1.807, 2.05) is 0 Å². The van der Waals surface area contributed by atoms with Crippen molar-refractivity contribution in [1.82, 2.24) is 0 Å². The molecule has 0 fully saturated rings. The van der Waals surface area contributed by atoms with Crippen LogP contribution in [0.3, 0.4) is 0 Å². The van der Waals surface area contributed by atoms with Crippen LogP contribution in [-0.4, -0.2) is 37.2 Å². The number of hydrogen-bond acceptors (Lipinski definition) is 6. The largest absolute Gasteiger partial charge is 0.462 e. The van der Waals surface area contributed by atoms with Crippen LogP contribution >= 0.6 is 0 Å². The average Bonchev–Trinajstić information content (AvgIpc) is 3.33. The van der Waals surface area contributed by atoms with Gasteiger partial charge in [-0.15, -0.1) is 0 Å². The highest BCUT2D eigenvalue weighted by atomic mass is 16.6. The molecule has 396 valence electrons. The summed E-state index contributed by atoms with van der Waals surface area (Å²) < 4.78 is 16.9. The van der Waals surface area contributed by atoms with Crippen molar-refractivity contribution in [3.63, 3.8) is 0 Å². The van der Waals surface area contributed by atoms with Gasteiger partial charge in [0.15, 0.2) is 6.10 Å². The zero-order valence-electron chi connectivity index (χ0n) is 45.5. The van der Waals surface area contributed by atoms with E-state index in [4.69, 9.17) is 14.2 Å². The van der Waals surface area contributed by atoms with Crippen LogP contribution in [0.1, 0.15) is 342 Å². The van der Waals surface area contributed by atoms with Gasteiger partial charge in [0, 0.05) is 19.3 Å². The summed E-state index contributed by atoms with van der Waals surface area (Å²) in [5.74, 6) is -0.845. The molecular weight excluding hydrogens is 829 g/mol. The first-order valence-corrected chi connectivity index (χ1v) is 30.2. The molecule has 1 atom stereocenters. The lowest BCUT2D eigenvalue weighted by Gasteiger charge is -2.18. The van der Waals surface area contributed by atoms with E-state index >= 15 is 0 Å². The van der Waals surface area contributed by atoms with Crippen molar-refractivity contribution in [2.75, 3.05) is 13.2 Å². The van der Waals surface area contributed by atoms with Gasteiger partial charge < -0.3 is 14.2 Å². The second-order valence-electron chi connectivity index (χ2n) is 20.6. The monoisotopic (exact) mass is 945 g/mol. The number of allylic oxidation sites excluding steroid dienone is 2. The van der Waals surface area contributed by atoms with Gasteiger partial charge in [0.05, 0.1) is 0 Å². The summed E-state index contributed by atoms with van der Waals surface area (Å²) in [6, 6.07) is 0. The van der Waals surface area contributed by atoms with Crippen LogP contribution in [-0.2, 0) is 28.6 Å². The summed E-state index contributed by atoms with van der Waals surface area (Å²) in [5.41, 5.74) is 0. The van der Waals surface area contributed by atoms with E-state index in [-0.39, 0.29) is 31.1 Å². The van der Waals surface area contributed by atoms with Crippen LogP contribution in [0.5, 0.6) is 0 Å². The van der Waals surface area contributed by atoms with Gasteiger partial charge in [-0.3, -0.25) is 14.4 Å². The third-order valence-corrected chi connectivity index (χ3v) is 13.8. The van der Waals surface area contributed by atoms with E-state index in [1.165, 1.54) is 244 Å². The Balaban J connectivity index is 4.25. The van der Waals surface area contributed by atoms with Crippen LogP contribution in [0.4, 0.5) is 0 Å². The SMILES string of the molecule is CCCCCCCC/C=C\CCCCCCCCCC(=O)OC[C@H](COC(=O)CCCCCCCCCCCCC)OC(=O)CCCCCCCCCCCCCCCCCCCCCCC. The van der Waals surface area contributed by atoms with Crippen molar-refractivity contribution in [1.29, 1.82) is 0 Å². The van der Waals surface area contributed by atoms with E-state index in [0.29, 0.717) is 19.3 Å². The lowest BCUT2D eigenvalue weighted by Crippen LogP contribution is -2.30. The lowest BCUT2D eigenvalue weighted by atomic mass is 10.0. The summed E-state index contributed by atoms with van der Waals surface area (Å²) in [6.07, 6.45) is 65.0. The molecule has 0 aromatic heterocycles. The van der Waals surface area contributed by atoms with Gasteiger partial charge in [0.1, 0.15) is 13.2 Å². The Labute approximate surface area is 418 Å². The van der Waals surface area contributed by atoms with Gasteiger partial charge >= 0.3 is 17.9 Å². The molecule has 0 aromatic carbocycles. The molecule has 0 saturated heterocycles. The molecule has 0 radical (unpaired) electrons. The van der Waals surface area contributed by atoms with Gasteiger partial charge in [0.25, 0.3) is 0 Å². The van der Waals surface area contributed by atoms with Crippen LogP contribution in [0.25, 0.3) is 0 Å². The van der Waals surface area contributed by atoms with Crippen molar-refractivity contribution < 1.29 is 28.6 Å². The summed E-state index contributed by atoms with van der Waals surface area (Å²) in [7, 11) is 0. The second-order valence-corrected chi connectivity index (χ2v) is 20.6. The van der Waals surface area contributed by atoms with E-state index in [1.54, 1.807) is 0 Å². The first-order chi connectivity index (χ1) is 33.0. The minimum absolute atomic E-state index is 0.0654. The van der Waals surface area contributed by atoms with Crippen LogP contribution in [0.15, 0.2) is 12.2 Å². The number of rotatable bonds is 56. The third kappa shape index (κ3) is 55.0. The molecular formula is C61H116O6. The smallest absolute Gasteiger partial charge is 0.306 e. The predicted molar refractivity (Wildman–Crippen MR) is 289 cm³/mol. The van der Waals surface area contributed by atoms with Gasteiger partial charge in [-0.1, -0.05) is 290 Å². The summed E-state index contributed by atoms with van der Waals surface area (Å²) in [5, 5.41) is 0. The molecule has 0 bridgehead atoms. The minimum atomic E-state index is -0.766. The maximum absolute atomic E-state index is 12.9. The number of carbonyl (C=O) groups excluding carboxylic acids is 3. The Kier molecular flexibility index (Phi) is 55.2. The van der Waals surface area contributed by atoms with E-state index < -0.39 is 6.10 Å². The Morgan fingerprint density at radius 1 is 0.284 bits per heavy atom. The van der Waals surface area contributed by atoms with Gasteiger partial charge in [-0.05, 0) is 44.9 Å². The highest BCUT2D eigenvalue weighted by Crippen LogP contribution is 2.18. The van der Waals surface area contributed by atoms with E-state index in [9.17, 15) is 14.4 Å². The molecule has 0 aliphatic heterocycles. The quantitative estimate of drug-likeness (QED) is 0.0262. The zero-order valence-corrected chi connectivity index (χ0v) is 45.5. The Bertz CT molecular complexity index is 1040. The molecule has 0 aliphatic rings. The molecule has 0 heterocycles. The Morgan fingerprint density at radius 3 is 0.746 bits per heavy atom. The standard InChI is InChI=1S/C61H116O6/c1-4-7-10-13-16-19-22-24-26-28-29-30-31-33-35-37-40-43-46-49-52-55-61(64)67-58(56-65-59(62)53-50-47-44-41-38-21-18-15-12-9-6-3)57-66-60(63)54-51-48-45-42-39-36-34-32-27-25-23-20-17-14-11-8-5-2/h25,27,58H,4-24,26,28-57H2,1-3H3/b27-25-/t58-/m0/s1. The van der Waals surface area contributed by atoms with Gasteiger partial charge in [-0.2, -0.15) is 0 Å². The summed E-state index contributed by atoms with van der Waals surface area (Å²) in [4.78, 5) is 38.1. The van der Waals surface area contributed by atoms with Crippen molar-refractivity contribution in [3.8, 4) is 0 Å². The molecule has 0 aliphatic carbocycles. The van der Waals surface area contributed by atoms with Crippen molar-refractivity contribution in [2.24, 2.45) is 0 Å². The maximum Gasteiger partial charge on any atom is 0.306 e. The number of carbonyl (C=O) groups is 3. The summed E-state index contributed by atoms with van der Waals surface area (Å²) >= 11 is 0. The van der Waals surface area contributed by atoms with Crippen LogP contribution in [0, 0.1) is 0 Å². The molecule has 67 heavy (non-hydrogen) atoms. The average molecular weight is 946 g/mol. The van der Waals surface area contributed by atoms with Crippen molar-refractivity contribution in [3.05, 3.63) is 12.2 Å². The molecule has 6 nitrogen and oxygen atoms in total. The van der Waals surface area contributed by atoms with Gasteiger partial charge in [0.2, 0.25) is 0 Å². The predicted octanol–water partition coefficient (Wildman–Crippen LogP) is 20.1. The Hall–Kier alpha value is -1.85. The molecule has 0 amide bonds. The molecule has 0 N–H and O–H groups in total. The molecule has 0 spiro atoms. The first-order valence-electron chi connectivity index (χ1n) is 30.2. The zero-order chi connectivity index (χ0) is 48.6.